The summed E-state index contributed by atoms with van der Waals surface area (Å²) in [5.41, 5.74) is -0.298. The minimum Gasteiger partial charge on any atom is -0.481 e. The van der Waals surface area contributed by atoms with E-state index in [1.807, 2.05) is 6.92 Å². The minimum absolute atomic E-state index is 0.0194. The Morgan fingerprint density at radius 2 is 1.79 bits per heavy atom. The van der Waals surface area contributed by atoms with Crippen LogP contribution in [0.2, 0.25) is 0 Å². The van der Waals surface area contributed by atoms with Crippen LogP contribution in [0.5, 0.6) is 0 Å². The second-order valence-electron chi connectivity index (χ2n) is 12.4. The average molecular weight is 464 g/mol. The predicted molar refractivity (Wildman–Crippen MR) is 126 cm³/mol. The Morgan fingerprint density at radius 1 is 1.06 bits per heavy atom. The minimum atomic E-state index is -0.745. The second-order valence-corrected chi connectivity index (χ2v) is 12.4. The third kappa shape index (κ3) is 4.03. The van der Waals surface area contributed by atoms with Crippen molar-refractivity contribution in [3.05, 3.63) is 0 Å². The zero-order valence-electron chi connectivity index (χ0n) is 20.9. The highest BCUT2D eigenvalue weighted by molar-refractivity contribution is 5.75. The molecule has 4 aliphatic carbocycles. The first-order chi connectivity index (χ1) is 15.5. The maximum Gasteiger partial charge on any atom is 0.306 e. The first-order valence-electron chi connectivity index (χ1n) is 13.4. The molecule has 33 heavy (non-hydrogen) atoms. The zero-order chi connectivity index (χ0) is 24.1. The van der Waals surface area contributed by atoms with Gasteiger partial charge in [-0.15, -0.1) is 0 Å². The fourth-order valence-electron chi connectivity index (χ4n) is 9.38. The van der Waals surface area contributed by atoms with Crippen molar-refractivity contribution in [1.29, 1.82) is 0 Å². The predicted octanol–water partition coefficient (Wildman–Crippen LogP) is 3.84. The number of carbonyl (C=O) groups excluding carboxylic acids is 1. The van der Waals surface area contributed by atoms with Gasteiger partial charge in [0.05, 0.1) is 18.1 Å². The summed E-state index contributed by atoms with van der Waals surface area (Å²) in [4.78, 5) is 24.5. The van der Waals surface area contributed by atoms with Crippen molar-refractivity contribution in [3.63, 3.8) is 0 Å². The molecule has 4 aliphatic rings. The maximum atomic E-state index is 12.4. The Bertz CT molecular complexity index is 757. The molecule has 0 aromatic rings. The normalized spacial score (nSPS) is 47.7. The number of carbonyl (C=O) groups is 2. The number of aliphatic hydroxyl groups is 2. The van der Waals surface area contributed by atoms with E-state index >= 15 is 0 Å². The lowest BCUT2D eigenvalue weighted by Crippen LogP contribution is -2.59. The molecule has 0 heterocycles. The number of rotatable bonds is 6. The van der Waals surface area contributed by atoms with Gasteiger partial charge in [0.1, 0.15) is 0 Å². The Kier molecular flexibility index (Phi) is 6.92. The molecule has 0 radical (unpaired) electrons. The number of fused-ring (bicyclic) bond motifs is 5. The van der Waals surface area contributed by atoms with E-state index in [9.17, 15) is 24.9 Å². The summed E-state index contributed by atoms with van der Waals surface area (Å²) in [6.45, 7) is 9.14. The number of hydrogen-bond donors (Lipinski definition) is 4. The fraction of sp³-hybridized carbons (Fsp3) is 0.926. The van der Waals surface area contributed by atoms with Gasteiger partial charge in [-0.25, -0.2) is 0 Å². The molecule has 1 unspecified atom stereocenters. The Morgan fingerprint density at radius 3 is 2.45 bits per heavy atom. The Labute approximate surface area is 198 Å². The number of carboxylic acids is 1. The molecular formula is C27H45NO5. The first kappa shape index (κ1) is 25.0. The second kappa shape index (κ2) is 9.14. The van der Waals surface area contributed by atoms with E-state index in [1.165, 1.54) is 0 Å². The Hall–Kier alpha value is -1.14. The van der Waals surface area contributed by atoms with Crippen LogP contribution in [0.15, 0.2) is 0 Å². The molecule has 0 spiro atoms. The number of carboxylic acid groups (broad SMARTS) is 1. The molecule has 188 valence electrons. The van der Waals surface area contributed by atoms with Crippen LogP contribution in [-0.4, -0.2) is 45.9 Å². The molecule has 0 saturated heterocycles. The van der Waals surface area contributed by atoms with Crippen LogP contribution in [-0.2, 0) is 9.59 Å². The van der Waals surface area contributed by atoms with Gasteiger partial charge in [0.2, 0.25) is 5.91 Å². The SMILES string of the molecule is CCNC(=O)CC[C@@H](C)[C@H]1[C@@H](C(=O)O)C[C@H]2[C@@H]3CCC4C[C@H](O)CC[C@]4(C)[C@H]3C[C@H](O)[C@]12C. The Balaban J connectivity index is 1.61. The lowest BCUT2D eigenvalue weighted by molar-refractivity contribution is -0.176. The van der Waals surface area contributed by atoms with Gasteiger partial charge in [0.15, 0.2) is 0 Å². The maximum absolute atomic E-state index is 12.4. The van der Waals surface area contributed by atoms with Crippen molar-refractivity contribution < 1.29 is 24.9 Å². The summed E-state index contributed by atoms with van der Waals surface area (Å²) in [5, 5.41) is 35.0. The van der Waals surface area contributed by atoms with Crippen LogP contribution >= 0.6 is 0 Å². The van der Waals surface area contributed by atoms with Crippen molar-refractivity contribution >= 4 is 11.9 Å². The van der Waals surface area contributed by atoms with Crippen molar-refractivity contribution in [2.45, 2.75) is 97.7 Å². The summed E-state index contributed by atoms with van der Waals surface area (Å²) >= 11 is 0. The summed E-state index contributed by atoms with van der Waals surface area (Å²) in [6.07, 6.45) is 6.62. The van der Waals surface area contributed by atoms with Crippen LogP contribution < -0.4 is 5.32 Å². The molecule has 1 amide bonds. The van der Waals surface area contributed by atoms with Gasteiger partial charge in [0.25, 0.3) is 0 Å². The van der Waals surface area contributed by atoms with Gasteiger partial charge < -0.3 is 20.6 Å². The van der Waals surface area contributed by atoms with Crippen LogP contribution in [0.4, 0.5) is 0 Å². The molecule has 6 heteroatoms. The van der Waals surface area contributed by atoms with E-state index < -0.39 is 23.4 Å². The number of aliphatic hydroxyl groups excluding tert-OH is 2. The van der Waals surface area contributed by atoms with E-state index in [-0.39, 0.29) is 35.2 Å². The summed E-state index contributed by atoms with van der Waals surface area (Å²) in [6, 6.07) is 0. The molecule has 6 nitrogen and oxygen atoms in total. The van der Waals surface area contributed by atoms with Gasteiger partial charge in [0, 0.05) is 18.4 Å². The van der Waals surface area contributed by atoms with Crippen LogP contribution in [0.25, 0.3) is 0 Å². The molecule has 4 N–H and O–H groups in total. The van der Waals surface area contributed by atoms with Gasteiger partial charge in [-0.3, -0.25) is 9.59 Å². The van der Waals surface area contributed by atoms with E-state index in [1.54, 1.807) is 0 Å². The smallest absolute Gasteiger partial charge is 0.306 e. The monoisotopic (exact) mass is 463 g/mol. The lowest BCUT2D eigenvalue weighted by Gasteiger charge is -2.62. The number of amides is 1. The third-order valence-electron chi connectivity index (χ3n) is 11.0. The molecule has 0 bridgehead atoms. The largest absolute Gasteiger partial charge is 0.481 e. The fourth-order valence-corrected chi connectivity index (χ4v) is 9.38. The van der Waals surface area contributed by atoms with E-state index in [4.69, 9.17) is 0 Å². The van der Waals surface area contributed by atoms with Crippen molar-refractivity contribution in [2.24, 2.45) is 52.3 Å². The number of hydrogen-bond acceptors (Lipinski definition) is 4. The molecule has 4 saturated carbocycles. The molecule has 11 atom stereocenters. The first-order valence-corrected chi connectivity index (χ1v) is 13.4. The summed E-state index contributed by atoms with van der Waals surface area (Å²) < 4.78 is 0. The van der Waals surface area contributed by atoms with Gasteiger partial charge in [-0.05, 0) is 99.2 Å². The van der Waals surface area contributed by atoms with E-state index in [0.29, 0.717) is 43.6 Å². The van der Waals surface area contributed by atoms with Crippen molar-refractivity contribution in [1.82, 2.24) is 5.32 Å². The third-order valence-corrected chi connectivity index (χ3v) is 11.0. The summed E-state index contributed by atoms with van der Waals surface area (Å²) in [5.74, 6) is 0.298. The molecule has 0 aromatic heterocycles. The molecular weight excluding hydrogens is 418 g/mol. The van der Waals surface area contributed by atoms with Crippen LogP contribution in [0.1, 0.15) is 85.5 Å². The highest BCUT2D eigenvalue weighted by Crippen LogP contribution is 2.69. The van der Waals surface area contributed by atoms with E-state index in [2.05, 4.69) is 26.1 Å². The topological polar surface area (TPSA) is 107 Å². The van der Waals surface area contributed by atoms with Gasteiger partial charge in [-0.2, -0.15) is 0 Å². The summed E-state index contributed by atoms with van der Waals surface area (Å²) in [7, 11) is 0. The van der Waals surface area contributed by atoms with Crippen LogP contribution in [0.3, 0.4) is 0 Å². The number of aliphatic carboxylic acids is 1. The van der Waals surface area contributed by atoms with Gasteiger partial charge in [-0.1, -0.05) is 20.8 Å². The number of nitrogens with one attached hydrogen (secondary N) is 1. The van der Waals surface area contributed by atoms with Crippen LogP contribution in [0, 0.1) is 52.3 Å². The quantitative estimate of drug-likeness (QED) is 0.479. The molecule has 0 aliphatic heterocycles. The standard InChI is InChI=1S/C27H45NO5/c1-5-28-23(31)9-6-15(2)24-19(25(32)33)13-21-18-8-7-16-12-17(29)10-11-26(16,3)20(18)14-22(30)27(21,24)4/h15-22,24,29-30H,5-14H2,1-4H3,(H,28,31)(H,32,33)/t15-,16?,17-,18-,19+,20+,21+,22+,24+,26+,27-/m1/s1. The average Bonchev–Trinajstić information content (AvgIpc) is 3.09. The highest BCUT2D eigenvalue weighted by atomic mass is 16.4. The molecule has 0 aromatic carbocycles. The molecule has 4 fully saturated rings. The molecule has 4 rings (SSSR count). The van der Waals surface area contributed by atoms with E-state index in [0.717, 1.165) is 38.5 Å². The highest BCUT2D eigenvalue weighted by Gasteiger charge is 2.66. The van der Waals surface area contributed by atoms with Crippen molar-refractivity contribution in [3.8, 4) is 0 Å². The lowest BCUT2D eigenvalue weighted by atomic mass is 9.43. The van der Waals surface area contributed by atoms with Gasteiger partial charge >= 0.3 is 5.97 Å². The zero-order valence-corrected chi connectivity index (χ0v) is 20.9. The van der Waals surface area contributed by atoms with Crippen molar-refractivity contribution in [2.75, 3.05) is 6.54 Å².